The van der Waals surface area contributed by atoms with Gasteiger partial charge in [-0.05, 0) is 17.5 Å². The largest absolute Gasteiger partial charge is 0.483 e. The number of carbonyl (C=O) groups is 1. The number of nitrogens with two attached hydrogens (primary N) is 1. The van der Waals surface area contributed by atoms with E-state index in [0.717, 1.165) is 0 Å². The zero-order valence-corrected chi connectivity index (χ0v) is 13.0. The Hall–Kier alpha value is -2.24. The lowest BCUT2D eigenvalue weighted by Crippen LogP contribution is -2.37. The highest BCUT2D eigenvalue weighted by atomic mass is 16.5. The monoisotopic (exact) mass is 293 g/mol. The first-order valence-corrected chi connectivity index (χ1v) is 6.68. The number of carbonyl (C=O) groups excluding carboxylic acids is 1. The highest BCUT2D eigenvalue weighted by Gasteiger charge is 2.18. The number of likely N-dealkylation sites (N-methyl/N-ethyl adjacent to an activating group) is 1. The molecule has 1 amide bonds. The van der Waals surface area contributed by atoms with Gasteiger partial charge in [-0.2, -0.15) is 0 Å². The standard InChI is InChI=1S/C15H23N3O3/c1-15(2,3)10-18(4)13(19)9-21-12-8-6-5-7-11(12)14(16)17-20/h5-8,20H,9-10H2,1-4H3,(H2,16,17). The molecule has 0 saturated heterocycles. The lowest BCUT2D eigenvalue weighted by Gasteiger charge is -2.26. The third-order valence-electron chi connectivity index (χ3n) is 2.76. The van der Waals surface area contributed by atoms with E-state index in [2.05, 4.69) is 25.9 Å². The Morgan fingerprint density at radius 2 is 2.00 bits per heavy atom. The number of ether oxygens (including phenoxy) is 1. The van der Waals surface area contributed by atoms with Crippen molar-refractivity contribution in [1.29, 1.82) is 0 Å². The van der Waals surface area contributed by atoms with Crippen LogP contribution in [0.25, 0.3) is 0 Å². The molecule has 0 aromatic heterocycles. The number of rotatable bonds is 5. The number of hydrogen-bond acceptors (Lipinski definition) is 4. The number of amidine groups is 1. The van der Waals surface area contributed by atoms with Gasteiger partial charge < -0.3 is 20.6 Å². The van der Waals surface area contributed by atoms with Gasteiger partial charge in [-0.25, -0.2) is 0 Å². The molecule has 0 radical (unpaired) electrons. The number of para-hydroxylation sites is 1. The van der Waals surface area contributed by atoms with Crippen LogP contribution < -0.4 is 10.5 Å². The minimum atomic E-state index is -0.126. The van der Waals surface area contributed by atoms with Crippen molar-refractivity contribution in [2.24, 2.45) is 16.3 Å². The van der Waals surface area contributed by atoms with E-state index in [1.54, 1.807) is 36.2 Å². The van der Waals surface area contributed by atoms with Gasteiger partial charge in [-0.3, -0.25) is 4.79 Å². The minimum absolute atomic E-state index is 0.0241. The van der Waals surface area contributed by atoms with Gasteiger partial charge in [-0.15, -0.1) is 0 Å². The molecule has 21 heavy (non-hydrogen) atoms. The fraction of sp³-hybridized carbons (Fsp3) is 0.467. The molecule has 1 rings (SSSR count). The summed E-state index contributed by atoms with van der Waals surface area (Å²) in [5.74, 6) is 0.227. The molecule has 0 bridgehead atoms. The Morgan fingerprint density at radius 3 is 2.57 bits per heavy atom. The summed E-state index contributed by atoms with van der Waals surface area (Å²) in [5, 5.41) is 11.7. The Labute approximate surface area is 125 Å². The van der Waals surface area contributed by atoms with E-state index in [-0.39, 0.29) is 23.8 Å². The van der Waals surface area contributed by atoms with Crippen LogP contribution >= 0.6 is 0 Å². The van der Waals surface area contributed by atoms with Gasteiger partial charge in [0.2, 0.25) is 0 Å². The van der Waals surface area contributed by atoms with Gasteiger partial charge in [0.1, 0.15) is 5.75 Å². The van der Waals surface area contributed by atoms with Crippen LogP contribution in [0.15, 0.2) is 29.4 Å². The average molecular weight is 293 g/mol. The molecule has 1 aromatic carbocycles. The van der Waals surface area contributed by atoms with Crippen LogP contribution in [0.4, 0.5) is 0 Å². The quantitative estimate of drug-likeness (QED) is 0.374. The Balaban J connectivity index is 2.70. The summed E-state index contributed by atoms with van der Waals surface area (Å²) in [5.41, 5.74) is 6.04. The first-order valence-electron chi connectivity index (χ1n) is 6.68. The first kappa shape index (κ1) is 16.8. The maximum absolute atomic E-state index is 12.0. The molecular weight excluding hydrogens is 270 g/mol. The highest BCUT2D eigenvalue weighted by molar-refractivity contribution is 5.99. The summed E-state index contributed by atoms with van der Waals surface area (Å²) < 4.78 is 5.49. The van der Waals surface area contributed by atoms with E-state index in [1.807, 2.05) is 0 Å². The highest BCUT2D eigenvalue weighted by Crippen LogP contribution is 2.18. The van der Waals surface area contributed by atoms with E-state index >= 15 is 0 Å². The SMILES string of the molecule is CN(CC(C)(C)C)C(=O)COc1ccccc1C(N)=NO. The van der Waals surface area contributed by atoms with Crippen LogP contribution in [0, 0.1) is 5.41 Å². The summed E-state index contributed by atoms with van der Waals surface area (Å²) in [6, 6.07) is 6.83. The lowest BCUT2D eigenvalue weighted by atomic mass is 9.96. The molecule has 0 fully saturated rings. The third-order valence-corrected chi connectivity index (χ3v) is 2.76. The smallest absolute Gasteiger partial charge is 0.260 e. The van der Waals surface area contributed by atoms with Crippen molar-refractivity contribution in [3.63, 3.8) is 0 Å². The minimum Gasteiger partial charge on any atom is -0.483 e. The molecule has 0 spiro atoms. The van der Waals surface area contributed by atoms with E-state index in [1.165, 1.54) is 0 Å². The maximum atomic E-state index is 12.0. The molecule has 0 aliphatic rings. The molecule has 116 valence electrons. The summed E-state index contributed by atoms with van der Waals surface area (Å²) in [7, 11) is 1.74. The summed E-state index contributed by atoms with van der Waals surface area (Å²) in [4.78, 5) is 13.7. The average Bonchev–Trinajstić information content (AvgIpc) is 2.42. The van der Waals surface area contributed by atoms with Crippen LogP contribution in [0.5, 0.6) is 5.75 Å². The molecule has 0 heterocycles. The van der Waals surface area contributed by atoms with Crippen LogP contribution in [-0.4, -0.2) is 42.0 Å². The third kappa shape index (κ3) is 5.33. The number of nitrogens with zero attached hydrogens (tertiary/aromatic N) is 2. The van der Waals surface area contributed by atoms with E-state index in [4.69, 9.17) is 15.7 Å². The van der Waals surface area contributed by atoms with Crippen molar-refractivity contribution in [1.82, 2.24) is 4.90 Å². The second kappa shape index (κ2) is 6.97. The van der Waals surface area contributed by atoms with E-state index < -0.39 is 0 Å². The second-order valence-electron chi connectivity index (χ2n) is 6.08. The number of oxime groups is 1. The zero-order valence-electron chi connectivity index (χ0n) is 13.0. The molecule has 0 atom stereocenters. The Kier molecular flexibility index (Phi) is 5.58. The fourth-order valence-corrected chi connectivity index (χ4v) is 1.91. The molecule has 0 aliphatic heterocycles. The number of amides is 1. The molecule has 0 unspecified atom stereocenters. The predicted octanol–water partition coefficient (Wildman–Crippen LogP) is 1.66. The first-order chi connectivity index (χ1) is 9.74. The van der Waals surface area contributed by atoms with Gasteiger partial charge >= 0.3 is 0 Å². The Bertz CT molecular complexity index is 521. The van der Waals surface area contributed by atoms with Crippen LogP contribution in [0.3, 0.4) is 0 Å². The molecule has 6 heteroatoms. The maximum Gasteiger partial charge on any atom is 0.260 e. The van der Waals surface area contributed by atoms with Crippen LogP contribution in [-0.2, 0) is 4.79 Å². The number of benzene rings is 1. The summed E-state index contributed by atoms with van der Waals surface area (Å²) in [6.45, 7) is 6.72. The molecule has 0 aliphatic carbocycles. The van der Waals surface area contributed by atoms with Gasteiger partial charge in [0.15, 0.2) is 12.4 Å². The summed E-state index contributed by atoms with van der Waals surface area (Å²) >= 11 is 0. The van der Waals surface area contributed by atoms with Gasteiger partial charge in [0.05, 0.1) is 5.56 Å². The normalized spacial score (nSPS) is 12.1. The van der Waals surface area contributed by atoms with Crippen LogP contribution in [0.2, 0.25) is 0 Å². The van der Waals surface area contributed by atoms with E-state index in [0.29, 0.717) is 17.9 Å². The zero-order chi connectivity index (χ0) is 16.0. The van der Waals surface area contributed by atoms with Gasteiger partial charge in [0, 0.05) is 13.6 Å². The molecule has 1 aromatic rings. The molecule has 3 N–H and O–H groups in total. The van der Waals surface area contributed by atoms with Crippen molar-refractivity contribution < 1.29 is 14.7 Å². The lowest BCUT2D eigenvalue weighted by molar-refractivity contribution is -0.133. The number of hydrogen-bond donors (Lipinski definition) is 2. The van der Waals surface area contributed by atoms with Gasteiger partial charge in [-0.1, -0.05) is 38.1 Å². The molecule has 6 nitrogen and oxygen atoms in total. The van der Waals surface area contributed by atoms with Gasteiger partial charge in [0.25, 0.3) is 5.91 Å². The van der Waals surface area contributed by atoms with Crippen molar-refractivity contribution in [2.75, 3.05) is 20.2 Å². The second-order valence-corrected chi connectivity index (χ2v) is 6.08. The Morgan fingerprint density at radius 1 is 1.38 bits per heavy atom. The topological polar surface area (TPSA) is 88.2 Å². The van der Waals surface area contributed by atoms with Crippen molar-refractivity contribution in [3.8, 4) is 5.75 Å². The predicted molar refractivity (Wildman–Crippen MR) is 81.5 cm³/mol. The van der Waals surface area contributed by atoms with Crippen molar-refractivity contribution in [3.05, 3.63) is 29.8 Å². The fourth-order valence-electron chi connectivity index (χ4n) is 1.91. The van der Waals surface area contributed by atoms with Crippen LogP contribution in [0.1, 0.15) is 26.3 Å². The van der Waals surface area contributed by atoms with Crippen molar-refractivity contribution in [2.45, 2.75) is 20.8 Å². The summed E-state index contributed by atoms with van der Waals surface area (Å²) in [6.07, 6.45) is 0. The molecular formula is C15H23N3O3. The van der Waals surface area contributed by atoms with E-state index in [9.17, 15) is 4.79 Å². The molecule has 0 saturated carbocycles. The van der Waals surface area contributed by atoms with Crippen molar-refractivity contribution >= 4 is 11.7 Å².